The van der Waals surface area contributed by atoms with Crippen LogP contribution in [0.3, 0.4) is 0 Å². The molecule has 0 unspecified atom stereocenters. The molecule has 3 rings (SSSR count). The molecule has 0 saturated heterocycles. The van der Waals surface area contributed by atoms with Crippen LogP contribution in [0.15, 0.2) is 12.3 Å². The summed E-state index contributed by atoms with van der Waals surface area (Å²) < 4.78 is 2.13. The van der Waals surface area contributed by atoms with Gasteiger partial charge in [0.1, 0.15) is 5.15 Å². The second-order valence-corrected chi connectivity index (χ2v) is 6.11. The number of fused-ring (bicyclic) bond motifs is 1. The first-order chi connectivity index (χ1) is 8.98. The van der Waals surface area contributed by atoms with Crippen molar-refractivity contribution in [2.24, 2.45) is 5.41 Å². The second-order valence-electron chi connectivity index (χ2n) is 5.75. The fourth-order valence-electron chi connectivity index (χ4n) is 2.89. The molecule has 2 heterocycles. The lowest BCUT2D eigenvalue weighted by molar-refractivity contribution is 0.0979. The Hall–Kier alpha value is -1.53. The maximum Gasteiger partial charge on any atom is 0.140 e. The molecule has 0 bridgehead atoms. The van der Waals surface area contributed by atoms with E-state index in [1.807, 2.05) is 13.0 Å². The Morgan fingerprint density at radius 3 is 2.58 bits per heavy atom. The highest BCUT2D eigenvalue weighted by molar-refractivity contribution is 6.34. The molecular formula is C15H18ClN3. The van der Waals surface area contributed by atoms with Gasteiger partial charge in [-0.05, 0) is 31.2 Å². The van der Waals surface area contributed by atoms with Crippen LogP contribution in [-0.2, 0) is 0 Å². The third-order valence-corrected chi connectivity index (χ3v) is 3.96. The Morgan fingerprint density at radius 1 is 1.37 bits per heavy atom. The van der Waals surface area contributed by atoms with Gasteiger partial charge in [-0.15, -0.1) is 12.8 Å². The minimum Gasteiger partial charge on any atom is -0.261 e. The maximum absolute atomic E-state index is 6.13. The van der Waals surface area contributed by atoms with E-state index in [1.165, 1.54) is 12.8 Å². The van der Waals surface area contributed by atoms with Crippen molar-refractivity contribution in [1.29, 1.82) is 0 Å². The van der Waals surface area contributed by atoms with Gasteiger partial charge in [0.15, 0.2) is 0 Å². The molecule has 3 nitrogen and oxygen atoms in total. The first kappa shape index (κ1) is 13.9. The summed E-state index contributed by atoms with van der Waals surface area (Å²) in [5, 5.41) is 6.19. The minimum atomic E-state index is 0.452. The first-order valence-corrected chi connectivity index (χ1v) is 6.68. The van der Waals surface area contributed by atoms with Gasteiger partial charge in [-0.1, -0.05) is 25.4 Å². The van der Waals surface area contributed by atoms with Crippen LogP contribution >= 0.6 is 11.6 Å². The van der Waals surface area contributed by atoms with Crippen LogP contribution in [-0.4, -0.2) is 14.8 Å². The van der Waals surface area contributed by atoms with Gasteiger partial charge >= 0.3 is 0 Å². The lowest BCUT2D eigenvalue weighted by Gasteiger charge is -2.42. The van der Waals surface area contributed by atoms with Crippen molar-refractivity contribution in [3.05, 3.63) is 23.1 Å². The molecule has 0 aromatic carbocycles. The van der Waals surface area contributed by atoms with Gasteiger partial charge in [0.25, 0.3) is 0 Å². The Bertz CT molecular complexity index is 617. The molecule has 0 amide bonds. The van der Waals surface area contributed by atoms with Crippen LogP contribution in [0.4, 0.5) is 0 Å². The molecule has 0 spiro atoms. The number of rotatable bonds is 1. The molecule has 0 N–H and O–H groups in total. The van der Waals surface area contributed by atoms with E-state index in [2.05, 4.69) is 41.5 Å². The molecular weight excluding hydrogens is 258 g/mol. The van der Waals surface area contributed by atoms with Crippen LogP contribution in [0.2, 0.25) is 5.15 Å². The van der Waals surface area contributed by atoms with Crippen molar-refractivity contribution in [3.63, 3.8) is 0 Å². The number of aryl methyl sites for hydroxylation is 1. The van der Waals surface area contributed by atoms with E-state index in [0.29, 0.717) is 16.6 Å². The number of nitrogens with zero attached hydrogens (tertiary/aromatic N) is 3. The summed E-state index contributed by atoms with van der Waals surface area (Å²) in [6, 6.07) is 2.52. The van der Waals surface area contributed by atoms with Gasteiger partial charge in [0.2, 0.25) is 0 Å². The summed E-state index contributed by atoms with van der Waals surface area (Å²) >= 11 is 6.13. The van der Waals surface area contributed by atoms with Gasteiger partial charge in [0.05, 0.1) is 22.6 Å². The molecule has 1 fully saturated rings. The first-order valence-electron chi connectivity index (χ1n) is 6.31. The molecule has 2 aromatic rings. The number of aromatic nitrogens is 3. The van der Waals surface area contributed by atoms with E-state index < -0.39 is 0 Å². The zero-order valence-electron chi connectivity index (χ0n) is 11.5. The second kappa shape index (κ2) is 4.86. The van der Waals surface area contributed by atoms with Crippen molar-refractivity contribution in [1.82, 2.24) is 14.8 Å². The Kier molecular flexibility index (Phi) is 3.56. The molecule has 19 heavy (non-hydrogen) atoms. The van der Waals surface area contributed by atoms with Gasteiger partial charge in [-0.25, -0.2) is 4.98 Å². The number of hydrogen-bond acceptors (Lipinski definition) is 2. The largest absolute Gasteiger partial charge is 0.261 e. The van der Waals surface area contributed by atoms with E-state index in [9.17, 15) is 0 Å². The highest BCUT2D eigenvalue weighted by atomic mass is 35.5. The van der Waals surface area contributed by atoms with E-state index in [1.54, 1.807) is 6.20 Å². The summed E-state index contributed by atoms with van der Waals surface area (Å²) in [6.07, 6.45) is 12.1. The number of hydrogen-bond donors (Lipinski definition) is 0. The monoisotopic (exact) mass is 275 g/mol. The maximum atomic E-state index is 6.13. The lowest BCUT2D eigenvalue weighted by atomic mass is 9.68. The zero-order chi connectivity index (χ0) is 14.2. The van der Waals surface area contributed by atoms with E-state index >= 15 is 0 Å². The number of halogens is 1. The predicted molar refractivity (Wildman–Crippen MR) is 79.2 cm³/mol. The molecule has 1 aliphatic rings. The Labute approximate surface area is 119 Å². The summed E-state index contributed by atoms with van der Waals surface area (Å²) in [4.78, 5) is 4.13. The van der Waals surface area contributed by atoms with Gasteiger partial charge < -0.3 is 0 Å². The third kappa shape index (κ3) is 2.33. The van der Waals surface area contributed by atoms with Crippen LogP contribution in [0.5, 0.6) is 0 Å². The molecule has 1 saturated carbocycles. The summed E-state index contributed by atoms with van der Waals surface area (Å²) in [5.41, 5.74) is 2.54. The minimum absolute atomic E-state index is 0.452. The fourth-order valence-corrected chi connectivity index (χ4v) is 3.18. The van der Waals surface area contributed by atoms with Crippen molar-refractivity contribution >= 4 is 22.5 Å². The van der Waals surface area contributed by atoms with Crippen LogP contribution in [0.25, 0.3) is 10.9 Å². The van der Waals surface area contributed by atoms with Crippen LogP contribution in [0, 0.1) is 25.2 Å². The third-order valence-electron chi connectivity index (χ3n) is 3.67. The van der Waals surface area contributed by atoms with Crippen molar-refractivity contribution in [2.45, 2.75) is 39.7 Å². The van der Waals surface area contributed by atoms with Gasteiger partial charge in [-0.2, -0.15) is 5.10 Å². The van der Waals surface area contributed by atoms with E-state index in [4.69, 9.17) is 11.6 Å². The number of terminal acetylenes is 1. The zero-order valence-corrected chi connectivity index (χ0v) is 12.3. The normalized spacial score (nSPS) is 17.6. The van der Waals surface area contributed by atoms with Gasteiger partial charge in [-0.3, -0.25) is 4.68 Å². The van der Waals surface area contributed by atoms with Crippen LogP contribution in [0.1, 0.15) is 38.4 Å². The molecule has 4 heteroatoms. The standard InChI is InChI=1S/C13H16ClN3.C2H2/c1-8-11-10(4-5-15-12(11)14)17(16-8)9-6-13(2,3)7-9;1-2/h4-5,9H,6-7H2,1-3H3;1-2H. The fraction of sp³-hybridized carbons (Fsp3) is 0.467. The highest BCUT2D eigenvalue weighted by Crippen LogP contribution is 2.48. The molecule has 0 atom stereocenters. The van der Waals surface area contributed by atoms with Crippen molar-refractivity contribution in [2.75, 3.05) is 0 Å². The van der Waals surface area contributed by atoms with Crippen LogP contribution < -0.4 is 0 Å². The molecule has 0 aliphatic heterocycles. The van der Waals surface area contributed by atoms with Gasteiger partial charge in [0, 0.05) is 6.20 Å². The predicted octanol–water partition coefficient (Wildman–Crippen LogP) is 4.00. The summed E-state index contributed by atoms with van der Waals surface area (Å²) in [7, 11) is 0. The topological polar surface area (TPSA) is 30.7 Å². The average Bonchev–Trinajstić information content (AvgIpc) is 2.67. The SMILES string of the molecule is C#C.Cc1nn(C2CC(C)(C)C2)c2ccnc(Cl)c12. The Morgan fingerprint density at radius 2 is 2.00 bits per heavy atom. The average molecular weight is 276 g/mol. The molecule has 0 radical (unpaired) electrons. The van der Waals surface area contributed by atoms with E-state index in [0.717, 1.165) is 16.6 Å². The number of pyridine rings is 1. The summed E-state index contributed by atoms with van der Waals surface area (Å²) in [6.45, 7) is 6.60. The van der Waals surface area contributed by atoms with Crippen molar-refractivity contribution in [3.8, 4) is 12.8 Å². The van der Waals surface area contributed by atoms with E-state index in [-0.39, 0.29) is 0 Å². The lowest BCUT2D eigenvalue weighted by Crippen LogP contribution is -2.34. The molecule has 100 valence electrons. The smallest absolute Gasteiger partial charge is 0.140 e. The van der Waals surface area contributed by atoms with Crippen molar-refractivity contribution < 1.29 is 0 Å². The quantitative estimate of drug-likeness (QED) is 0.582. The Balaban J connectivity index is 0.000000637. The highest BCUT2D eigenvalue weighted by Gasteiger charge is 2.38. The molecule has 2 aromatic heterocycles. The molecule has 1 aliphatic carbocycles. The summed E-state index contributed by atoms with van der Waals surface area (Å²) in [5.74, 6) is 0.